The molecule has 0 aliphatic heterocycles. The van der Waals surface area contributed by atoms with Gasteiger partial charge in [-0.25, -0.2) is 4.79 Å². The van der Waals surface area contributed by atoms with Gasteiger partial charge in [0.1, 0.15) is 5.75 Å². The van der Waals surface area contributed by atoms with E-state index in [4.69, 9.17) is 5.11 Å². The molecule has 0 heterocycles. The molecule has 0 saturated heterocycles. The van der Waals surface area contributed by atoms with Gasteiger partial charge in [-0.05, 0) is 24.1 Å². The third-order valence-electron chi connectivity index (χ3n) is 2.16. The summed E-state index contributed by atoms with van der Waals surface area (Å²) in [6.45, 7) is -1.55. The summed E-state index contributed by atoms with van der Waals surface area (Å²) in [5, 5.41) is 8.48. The van der Waals surface area contributed by atoms with Crippen LogP contribution in [0.3, 0.4) is 0 Å². The number of hydrogen-bond acceptors (Lipinski definition) is 3. The lowest BCUT2D eigenvalue weighted by Crippen LogP contribution is -2.07. The van der Waals surface area contributed by atoms with Gasteiger partial charge in [0.25, 0.3) is 0 Å². The molecule has 1 aromatic carbocycles. The minimum absolute atomic E-state index is 0.104. The Labute approximate surface area is 101 Å². The van der Waals surface area contributed by atoms with Crippen molar-refractivity contribution in [3.05, 3.63) is 34.9 Å². The van der Waals surface area contributed by atoms with Crippen LogP contribution in [0.4, 0.5) is 8.78 Å². The summed E-state index contributed by atoms with van der Waals surface area (Å²) in [6, 6.07) is 2.92. The molecule has 0 radical (unpaired) electrons. The molecule has 0 spiro atoms. The molecule has 0 amide bonds. The molecule has 0 fully saturated rings. The van der Waals surface area contributed by atoms with E-state index in [1.54, 1.807) is 0 Å². The van der Waals surface area contributed by atoms with Gasteiger partial charge in [0, 0.05) is 6.08 Å². The summed E-state index contributed by atoms with van der Waals surface area (Å²) in [5.41, 5.74) is 0.464. The average molecular weight is 256 g/mol. The number of alkyl halides is 2. The number of aliphatic carboxylic acids is 1. The maximum Gasteiger partial charge on any atom is 0.387 e. The molecule has 0 aliphatic rings. The Kier molecular flexibility index (Phi) is 4.53. The Morgan fingerprint density at radius 1 is 1.44 bits per heavy atom. The van der Waals surface area contributed by atoms with E-state index >= 15 is 0 Å². The summed E-state index contributed by atoms with van der Waals surface area (Å²) in [6.07, 6.45) is 2.31. The molecule has 18 heavy (non-hydrogen) atoms. The van der Waals surface area contributed by atoms with E-state index in [-0.39, 0.29) is 16.9 Å². The van der Waals surface area contributed by atoms with Crippen LogP contribution < -0.4 is 4.74 Å². The van der Waals surface area contributed by atoms with Crippen LogP contribution in [0.25, 0.3) is 6.08 Å². The Balaban J connectivity index is 3.28. The van der Waals surface area contributed by atoms with Crippen LogP contribution in [-0.4, -0.2) is 24.0 Å². The summed E-state index contributed by atoms with van der Waals surface area (Å²) < 4.78 is 28.7. The van der Waals surface area contributed by atoms with Crippen LogP contribution in [0, 0.1) is 6.92 Å². The minimum atomic E-state index is -3.05. The van der Waals surface area contributed by atoms with Gasteiger partial charge in [-0.3, -0.25) is 4.79 Å². The third-order valence-corrected chi connectivity index (χ3v) is 2.16. The fourth-order valence-electron chi connectivity index (χ4n) is 1.40. The molecule has 1 aromatic rings. The number of carbonyl (C=O) groups is 2. The summed E-state index contributed by atoms with van der Waals surface area (Å²) >= 11 is 0. The van der Waals surface area contributed by atoms with E-state index in [0.717, 1.165) is 12.2 Å². The standard InChI is InChI=1S/C12H10F2O4/c1-7-2-3-8(4-5-10(16)17)9(6-15)11(7)18-12(13)14/h2-6,12H,1H3,(H,16,17)/b5-4+. The summed E-state index contributed by atoms with van der Waals surface area (Å²) in [4.78, 5) is 21.3. The number of hydrogen-bond donors (Lipinski definition) is 1. The van der Waals surface area contributed by atoms with Gasteiger partial charge >= 0.3 is 12.6 Å². The van der Waals surface area contributed by atoms with Crippen molar-refractivity contribution in [2.24, 2.45) is 0 Å². The zero-order chi connectivity index (χ0) is 13.7. The molecule has 0 aromatic heterocycles. The van der Waals surface area contributed by atoms with E-state index in [9.17, 15) is 18.4 Å². The lowest BCUT2D eigenvalue weighted by molar-refractivity contribution is -0.131. The van der Waals surface area contributed by atoms with Crippen molar-refractivity contribution in [3.8, 4) is 5.75 Å². The second-order valence-electron chi connectivity index (χ2n) is 3.38. The van der Waals surface area contributed by atoms with Crippen LogP contribution in [0.2, 0.25) is 0 Å². The minimum Gasteiger partial charge on any atom is -0.478 e. The van der Waals surface area contributed by atoms with Gasteiger partial charge in [-0.1, -0.05) is 12.1 Å². The van der Waals surface area contributed by atoms with E-state index in [2.05, 4.69) is 4.74 Å². The van der Waals surface area contributed by atoms with Gasteiger partial charge in [0.15, 0.2) is 6.29 Å². The van der Waals surface area contributed by atoms with Crippen LogP contribution in [0.1, 0.15) is 21.5 Å². The zero-order valence-corrected chi connectivity index (χ0v) is 9.39. The lowest BCUT2D eigenvalue weighted by atomic mass is 10.0. The van der Waals surface area contributed by atoms with E-state index in [1.165, 1.54) is 19.1 Å². The Hall–Kier alpha value is -2.24. The number of aldehydes is 1. The van der Waals surface area contributed by atoms with Gasteiger partial charge in [0.2, 0.25) is 0 Å². The fourth-order valence-corrected chi connectivity index (χ4v) is 1.40. The van der Waals surface area contributed by atoms with Crippen LogP contribution in [-0.2, 0) is 4.79 Å². The first-order chi connectivity index (χ1) is 8.45. The number of rotatable bonds is 5. The normalized spacial score (nSPS) is 10.9. The maximum atomic E-state index is 12.2. The van der Waals surface area contributed by atoms with Crippen molar-refractivity contribution < 1.29 is 28.2 Å². The van der Waals surface area contributed by atoms with Gasteiger partial charge < -0.3 is 9.84 Å². The predicted molar refractivity (Wildman–Crippen MR) is 59.9 cm³/mol. The van der Waals surface area contributed by atoms with Gasteiger partial charge in [0.05, 0.1) is 5.56 Å². The highest BCUT2D eigenvalue weighted by Gasteiger charge is 2.14. The predicted octanol–water partition coefficient (Wildman–Crippen LogP) is 2.51. The smallest absolute Gasteiger partial charge is 0.387 e. The molecule has 0 bridgehead atoms. The highest BCUT2D eigenvalue weighted by molar-refractivity contribution is 5.91. The molecular weight excluding hydrogens is 246 g/mol. The van der Waals surface area contributed by atoms with Crippen molar-refractivity contribution in [3.63, 3.8) is 0 Å². The summed E-state index contributed by atoms with van der Waals surface area (Å²) in [5.74, 6) is -1.45. The molecular formula is C12H10F2O4. The largest absolute Gasteiger partial charge is 0.478 e. The van der Waals surface area contributed by atoms with Gasteiger partial charge in [-0.15, -0.1) is 0 Å². The van der Waals surface area contributed by atoms with Gasteiger partial charge in [-0.2, -0.15) is 8.78 Å². The number of benzene rings is 1. The van der Waals surface area contributed by atoms with Crippen molar-refractivity contribution >= 4 is 18.3 Å². The zero-order valence-electron chi connectivity index (χ0n) is 9.39. The fraction of sp³-hybridized carbons (Fsp3) is 0.167. The second kappa shape index (κ2) is 5.90. The van der Waals surface area contributed by atoms with E-state index in [0.29, 0.717) is 11.8 Å². The number of carboxylic acid groups (broad SMARTS) is 1. The number of ether oxygens (including phenoxy) is 1. The maximum absolute atomic E-state index is 12.2. The molecule has 0 aliphatic carbocycles. The van der Waals surface area contributed by atoms with Crippen molar-refractivity contribution in [1.82, 2.24) is 0 Å². The van der Waals surface area contributed by atoms with Crippen LogP contribution in [0.15, 0.2) is 18.2 Å². The monoisotopic (exact) mass is 256 g/mol. The Morgan fingerprint density at radius 3 is 2.61 bits per heavy atom. The van der Waals surface area contributed by atoms with E-state index < -0.39 is 12.6 Å². The highest BCUT2D eigenvalue weighted by atomic mass is 19.3. The average Bonchev–Trinajstić information content (AvgIpc) is 2.29. The number of halogens is 2. The number of aryl methyl sites for hydroxylation is 1. The topological polar surface area (TPSA) is 63.6 Å². The highest BCUT2D eigenvalue weighted by Crippen LogP contribution is 2.27. The van der Waals surface area contributed by atoms with Crippen LogP contribution >= 0.6 is 0 Å². The van der Waals surface area contributed by atoms with Crippen molar-refractivity contribution in [2.75, 3.05) is 0 Å². The van der Waals surface area contributed by atoms with Crippen molar-refractivity contribution in [2.45, 2.75) is 13.5 Å². The molecule has 96 valence electrons. The second-order valence-corrected chi connectivity index (χ2v) is 3.38. The third kappa shape index (κ3) is 3.38. The Bertz CT molecular complexity index is 495. The molecule has 0 saturated carbocycles. The molecule has 1 N–H and O–H groups in total. The first kappa shape index (κ1) is 13.8. The molecule has 0 atom stereocenters. The SMILES string of the molecule is Cc1ccc(/C=C/C(=O)O)c(C=O)c1OC(F)F. The molecule has 0 unspecified atom stereocenters. The van der Waals surface area contributed by atoms with Crippen molar-refractivity contribution in [1.29, 1.82) is 0 Å². The number of carboxylic acids is 1. The molecule has 6 heteroatoms. The lowest BCUT2D eigenvalue weighted by Gasteiger charge is -2.12. The van der Waals surface area contributed by atoms with E-state index in [1.807, 2.05) is 0 Å². The summed E-state index contributed by atoms with van der Waals surface area (Å²) in [7, 11) is 0. The molecule has 4 nitrogen and oxygen atoms in total. The quantitative estimate of drug-likeness (QED) is 0.649. The molecule has 1 rings (SSSR count). The number of carbonyl (C=O) groups excluding carboxylic acids is 1. The van der Waals surface area contributed by atoms with Crippen LogP contribution in [0.5, 0.6) is 5.75 Å². The first-order valence-electron chi connectivity index (χ1n) is 4.90. The Morgan fingerprint density at radius 2 is 2.11 bits per heavy atom. The first-order valence-corrected chi connectivity index (χ1v) is 4.90.